The molecule has 1 saturated carbocycles. The Labute approximate surface area is 218 Å². The van der Waals surface area contributed by atoms with Crippen molar-refractivity contribution in [1.82, 2.24) is 25.2 Å². The van der Waals surface area contributed by atoms with Crippen LogP contribution in [0, 0.1) is 5.92 Å². The first-order valence-corrected chi connectivity index (χ1v) is 13.6. The lowest BCUT2D eigenvalue weighted by Crippen LogP contribution is -2.49. The second kappa shape index (κ2) is 11.4. The largest absolute Gasteiger partial charge is 0.356 e. The summed E-state index contributed by atoms with van der Waals surface area (Å²) >= 11 is 0. The third-order valence-electron chi connectivity index (χ3n) is 7.92. The van der Waals surface area contributed by atoms with Crippen LogP contribution in [0.1, 0.15) is 51.5 Å². The van der Waals surface area contributed by atoms with Gasteiger partial charge in [-0.3, -0.25) is 19.4 Å². The van der Waals surface area contributed by atoms with Crippen LogP contribution in [0.5, 0.6) is 0 Å². The van der Waals surface area contributed by atoms with Crippen molar-refractivity contribution in [1.29, 1.82) is 0 Å². The van der Waals surface area contributed by atoms with Gasteiger partial charge in [-0.2, -0.15) is 4.98 Å². The maximum Gasteiger partial charge on any atom is 0.229 e. The van der Waals surface area contributed by atoms with Gasteiger partial charge in [0.1, 0.15) is 11.6 Å². The normalized spacial score (nSPS) is 20.9. The highest BCUT2D eigenvalue weighted by molar-refractivity contribution is 5.82. The number of carbonyl (C=O) groups excluding carboxylic acids is 2. The van der Waals surface area contributed by atoms with Gasteiger partial charge >= 0.3 is 0 Å². The summed E-state index contributed by atoms with van der Waals surface area (Å²) in [6, 6.07) is 4.72. The van der Waals surface area contributed by atoms with Crippen LogP contribution in [-0.2, 0) is 16.0 Å². The summed E-state index contributed by atoms with van der Waals surface area (Å²) in [5, 5.41) is 6.16. The fraction of sp³-hybridized carbons (Fsp3) is 0.593. The second-order valence-corrected chi connectivity index (χ2v) is 10.6. The average Bonchev–Trinajstić information content (AvgIpc) is 3.59. The molecule has 0 spiro atoms. The summed E-state index contributed by atoms with van der Waals surface area (Å²) in [5.41, 5.74) is 1.62. The van der Waals surface area contributed by atoms with E-state index in [4.69, 9.17) is 4.98 Å². The van der Waals surface area contributed by atoms with Crippen LogP contribution in [0.15, 0.2) is 24.5 Å². The lowest BCUT2D eigenvalue weighted by Gasteiger charge is -2.37. The van der Waals surface area contributed by atoms with E-state index in [0.717, 1.165) is 81.8 Å². The number of anilines is 4. The Morgan fingerprint density at radius 3 is 2.51 bits per heavy atom. The van der Waals surface area contributed by atoms with E-state index >= 15 is 0 Å². The van der Waals surface area contributed by atoms with E-state index in [1.165, 1.54) is 0 Å². The summed E-state index contributed by atoms with van der Waals surface area (Å²) in [6.07, 6.45) is 9.90. The van der Waals surface area contributed by atoms with Crippen LogP contribution in [0.25, 0.3) is 0 Å². The van der Waals surface area contributed by atoms with Crippen LogP contribution < -0.4 is 20.4 Å². The lowest BCUT2D eigenvalue weighted by atomic mass is 9.99. The predicted molar refractivity (Wildman–Crippen MR) is 144 cm³/mol. The monoisotopic (exact) mass is 506 g/mol. The Kier molecular flexibility index (Phi) is 7.83. The molecule has 2 N–H and O–H groups in total. The number of nitrogens with one attached hydrogen (secondary N) is 2. The Morgan fingerprint density at radius 2 is 1.89 bits per heavy atom. The molecule has 4 heterocycles. The van der Waals surface area contributed by atoms with Gasteiger partial charge in [-0.15, -0.1) is 0 Å². The Hall–Kier alpha value is -3.27. The first-order valence-electron chi connectivity index (χ1n) is 13.6. The van der Waals surface area contributed by atoms with E-state index in [1.54, 1.807) is 17.3 Å². The molecular weight excluding hydrogens is 468 g/mol. The quantitative estimate of drug-likeness (QED) is 0.500. The molecule has 10 heteroatoms. The molecule has 10 nitrogen and oxygen atoms in total. The van der Waals surface area contributed by atoms with Gasteiger partial charge in [0, 0.05) is 62.5 Å². The molecule has 2 saturated heterocycles. The van der Waals surface area contributed by atoms with Gasteiger partial charge in [0.15, 0.2) is 0 Å². The third-order valence-corrected chi connectivity index (χ3v) is 7.92. The Morgan fingerprint density at radius 1 is 1.11 bits per heavy atom. The van der Waals surface area contributed by atoms with Crippen molar-refractivity contribution in [2.24, 2.45) is 5.92 Å². The molecule has 3 aliphatic rings. The minimum atomic E-state index is -0.114. The molecule has 1 atom stereocenters. The van der Waals surface area contributed by atoms with Gasteiger partial charge in [-0.05, 0) is 51.7 Å². The highest BCUT2D eigenvalue weighted by Crippen LogP contribution is 2.31. The number of hydrogen-bond donors (Lipinski definition) is 2. The van der Waals surface area contributed by atoms with Crippen molar-refractivity contribution in [2.45, 2.75) is 64.5 Å². The standard InChI is InChI=1S/C27H38N8O2/c1-19(2)33-11-13-34(14-12-33)24-8-7-22(17-29-24)31-27-30-16-21(15-20-9-10-28-26(20)37)25(32-27)35(18-36)23-5-3-4-6-23/h7-8,16-20,23H,3-6,9-15H2,1-2H3,(H,28,37)(H,30,31,32). The van der Waals surface area contributed by atoms with Gasteiger partial charge in [-0.25, -0.2) is 9.97 Å². The van der Waals surface area contributed by atoms with Crippen molar-refractivity contribution < 1.29 is 9.59 Å². The molecular formula is C27H38N8O2. The molecule has 37 heavy (non-hydrogen) atoms. The number of piperazine rings is 1. The van der Waals surface area contributed by atoms with Crippen molar-refractivity contribution in [3.8, 4) is 0 Å². The maximum absolute atomic E-state index is 12.2. The van der Waals surface area contributed by atoms with E-state index < -0.39 is 0 Å². The number of hydrogen-bond acceptors (Lipinski definition) is 8. The van der Waals surface area contributed by atoms with Crippen molar-refractivity contribution in [2.75, 3.05) is 47.8 Å². The first-order chi connectivity index (χ1) is 18.0. The van der Waals surface area contributed by atoms with E-state index in [0.29, 0.717) is 30.8 Å². The van der Waals surface area contributed by atoms with Gasteiger partial charge in [0.2, 0.25) is 18.3 Å². The van der Waals surface area contributed by atoms with Gasteiger partial charge in [0.25, 0.3) is 0 Å². The molecule has 198 valence electrons. The van der Waals surface area contributed by atoms with Gasteiger partial charge in [0.05, 0.1) is 11.9 Å². The maximum atomic E-state index is 12.2. The smallest absolute Gasteiger partial charge is 0.229 e. The summed E-state index contributed by atoms with van der Waals surface area (Å²) in [7, 11) is 0. The zero-order valence-corrected chi connectivity index (χ0v) is 21.9. The minimum Gasteiger partial charge on any atom is -0.356 e. The molecule has 5 rings (SSSR count). The molecule has 1 aliphatic carbocycles. The molecule has 0 aromatic carbocycles. The number of amides is 2. The molecule has 2 aromatic heterocycles. The molecule has 2 amide bonds. The van der Waals surface area contributed by atoms with E-state index in [9.17, 15) is 9.59 Å². The lowest BCUT2D eigenvalue weighted by molar-refractivity contribution is -0.122. The fourth-order valence-corrected chi connectivity index (χ4v) is 5.67. The Balaban J connectivity index is 1.32. The number of rotatable bonds is 9. The number of carbonyl (C=O) groups is 2. The number of aromatic nitrogens is 3. The third kappa shape index (κ3) is 5.84. The molecule has 0 bridgehead atoms. The van der Waals surface area contributed by atoms with Crippen molar-refractivity contribution in [3.63, 3.8) is 0 Å². The summed E-state index contributed by atoms with van der Waals surface area (Å²) in [6.45, 7) is 9.18. The fourth-order valence-electron chi connectivity index (χ4n) is 5.67. The Bertz CT molecular complexity index is 1080. The zero-order chi connectivity index (χ0) is 25.8. The molecule has 1 unspecified atom stereocenters. The van der Waals surface area contributed by atoms with Crippen molar-refractivity contribution in [3.05, 3.63) is 30.1 Å². The summed E-state index contributed by atoms with van der Waals surface area (Å²) in [5.74, 6) is 1.93. The van der Waals surface area contributed by atoms with Crippen LogP contribution in [-0.4, -0.2) is 77.0 Å². The molecule has 2 aliphatic heterocycles. The highest BCUT2D eigenvalue weighted by atomic mass is 16.2. The summed E-state index contributed by atoms with van der Waals surface area (Å²) < 4.78 is 0. The molecule has 2 aromatic rings. The SMILES string of the molecule is CC(C)N1CCN(c2ccc(Nc3ncc(CC4CCNC4=O)c(N(C=O)C4CCCC4)n3)cn2)CC1. The zero-order valence-electron chi connectivity index (χ0n) is 21.9. The van der Waals surface area contributed by atoms with Gasteiger partial charge in [-0.1, -0.05) is 12.8 Å². The van der Waals surface area contributed by atoms with Crippen LogP contribution >= 0.6 is 0 Å². The van der Waals surface area contributed by atoms with Crippen LogP contribution in [0.3, 0.4) is 0 Å². The number of pyridine rings is 1. The van der Waals surface area contributed by atoms with Crippen LogP contribution in [0.2, 0.25) is 0 Å². The first kappa shape index (κ1) is 25.4. The average molecular weight is 507 g/mol. The van der Waals surface area contributed by atoms with Crippen molar-refractivity contribution >= 4 is 35.6 Å². The second-order valence-electron chi connectivity index (χ2n) is 10.6. The molecule has 0 radical (unpaired) electrons. The predicted octanol–water partition coefficient (Wildman–Crippen LogP) is 2.73. The topological polar surface area (TPSA) is 107 Å². The summed E-state index contributed by atoms with van der Waals surface area (Å²) in [4.78, 5) is 45.0. The van der Waals surface area contributed by atoms with E-state index in [2.05, 4.69) is 44.2 Å². The van der Waals surface area contributed by atoms with E-state index in [1.807, 2.05) is 12.1 Å². The minimum absolute atomic E-state index is 0.0588. The number of nitrogens with zero attached hydrogens (tertiary/aromatic N) is 6. The van der Waals surface area contributed by atoms with Crippen LogP contribution in [0.4, 0.5) is 23.3 Å². The highest BCUT2D eigenvalue weighted by Gasteiger charge is 2.30. The van der Waals surface area contributed by atoms with E-state index in [-0.39, 0.29) is 17.9 Å². The van der Waals surface area contributed by atoms with Gasteiger partial charge < -0.3 is 15.5 Å². The molecule has 3 fully saturated rings.